The second-order valence-electron chi connectivity index (χ2n) is 4.40. The highest BCUT2D eigenvalue weighted by Crippen LogP contribution is 2.23. The number of likely N-dealkylation sites (tertiary alicyclic amines) is 1. The van der Waals surface area contributed by atoms with Crippen LogP contribution in [-0.4, -0.2) is 42.2 Å². The second kappa shape index (κ2) is 4.75. The Labute approximate surface area is 101 Å². The molecule has 0 aliphatic carbocycles. The number of ether oxygens (including phenoxy) is 1. The summed E-state index contributed by atoms with van der Waals surface area (Å²) in [5, 5.41) is 9.45. The largest absolute Gasteiger partial charge is 0.496 e. The number of carbonyl (C=O) groups is 1. The summed E-state index contributed by atoms with van der Waals surface area (Å²) in [6.45, 7) is 2.96. The molecule has 4 heteroatoms. The van der Waals surface area contributed by atoms with E-state index in [2.05, 4.69) is 0 Å². The minimum absolute atomic E-state index is 0.0675. The topological polar surface area (TPSA) is 49.8 Å². The van der Waals surface area contributed by atoms with E-state index < -0.39 is 6.10 Å². The Bertz CT molecular complexity index is 431. The second-order valence-corrected chi connectivity index (χ2v) is 4.40. The number of nitrogens with zero attached hydrogens (tertiary/aromatic N) is 1. The van der Waals surface area contributed by atoms with Gasteiger partial charge in [0.25, 0.3) is 5.91 Å². The summed E-state index contributed by atoms with van der Waals surface area (Å²) in [6, 6.07) is 5.54. The molecule has 1 unspecified atom stereocenters. The van der Waals surface area contributed by atoms with Crippen LogP contribution in [0.25, 0.3) is 0 Å². The number of aryl methyl sites for hydroxylation is 1. The standard InChI is InChI=1S/C13H17NO3/c1-9-3-4-12(17-2)11(7-9)13(16)14-6-5-10(15)8-14/h3-4,7,10,15H,5-6,8H2,1-2H3. The van der Waals surface area contributed by atoms with E-state index in [0.29, 0.717) is 30.8 Å². The molecule has 17 heavy (non-hydrogen) atoms. The maximum absolute atomic E-state index is 12.3. The first-order valence-corrected chi connectivity index (χ1v) is 5.74. The Hall–Kier alpha value is -1.55. The lowest BCUT2D eigenvalue weighted by molar-refractivity contribution is 0.0761. The molecule has 0 radical (unpaired) electrons. The van der Waals surface area contributed by atoms with Crippen molar-refractivity contribution in [2.45, 2.75) is 19.4 Å². The van der Waals surface area contributed by atoms with Gasteiger partial charge >= 0.3 is 0 Å². The van der Waals surface area contributed by atoms with Gasteiger partial charge in [-0.15, -0.1) is 0 Å². The highest BCUT2D eigenvalue weighted by Gasteiger charge is 2.27. The Morgan fingerprint density at radius 3 is 2.88 bits per heavy atom. The number of rotatable bonds is 2. The molecule has 1 atom stereocenters. The summed E-state index contributed by atoms with van der Waals surface area (Å²) in [5.74, 6) is 0.518. The van der Waals surface area contributed by atoms with Crippen LogP contribution in [0, 0.1) is 6.92 Å². The number of hydrogen-bond donors (Lipinski definition) is 1. The highest BCUT2D eigenvalue weighted by atomic mass is 16.5. The average Bonchev–Trinajstić information content (AvgIpc) is 2.75. The molecule has 1 heterocycles. The summed E-state index contributed by atoms with van der Waals surface area (Å²) in [5.41, 5.74) is 1.59. The van der Waals surface area contributed by atoms with E-state index in [4.69, 9.17) is 4.74 Å². The first-order valence-electron chi connectivity index (χ1n) is 5.74. The zero-order valence-corrected chi connectivity index (χ0v) is 10.1. The van der Waals surface area contributed by atoms with Crippen molar-refractivity contribution >= 4 is 5.91 Å². The lowest BCUT2D eigenvalue weighted by Crippen LogP contribution is -2.29. The number of benzene rings is 1. The summed E-state index contributed by atoms with van der Waals surface area (Å²) in [4.78, 5) is 13.9. The molecular formula is C13H17NO3. The Morgan fingerprint density at radius 1 is 1.53 bits per heavy atom. The van der Waals surface area contributed by atoms with E-state index in [9.17, 15) is 9.90 Å². The van der Waals surface area contributed by atoms with Crippen LogP contribution < -0.4 is 4.74 Å². The van der Waals surface area contributed by atoms with Crippen LogP contribution in [0.2, 0.25) is 0 Å². The molecule has 0 aromatic heterocycles. The predicted molar refractivity (Wildman–Crippen MR) is 64.3 cm³/mol. The first kappa shape index (κ1) is 11.9. The van der Waals surface area contributed by atoms with E-state index in [1.165, 1.54) is 0 Å². The predicted octanol–water partition coefficient (Wildman–Crippen LogP) is 1.21. The molecule has 1 aliphatic heterocycles. The van der Waals surface area contributed by atoms with E-state index in [0.717, 1.165) is 5.56 Å². The van der Waals surface area contributed by atoms with Crippen LogP contribution in [-0.2, 0) is 0 Å². The summed E-state index contributed by atoms with van der Waals surface area (Å²) in [6.07, 6.45) is 0.259. The minimum atomic E-state index is -0.394. The summed E-state index contributed by atoms with van der Waals surface area (Å²) >= 11 is 0. The zero-order chi connectivity index (χ0) is 12.4. The van der Waals surface area contributed by atoms with Crippen LogP contribution in [0.3, 0.4) is 0 Å². The molecule has 1 aromatic carbocycles. The van der Waals surface area contributed by atoms with Crippen LogP contribution in [0.5, 0.6) is 5.75 Å². The Morgan fingerprint density at radius 2 is 2.29 bits per heavy atom. The monoisotopic (exact) mass is 235 g/mol. The van der Waals surface area contributed by atoms with Gasteiger partial charge < -0.3 is 14.7 Å². The van der Waals surface area contributed by atoms with Gasteiger partial charge in [-0.2, -0.15) is 0 Å². The fourth-order valence-electron chi connectivity index (χ4n) is 2.09. The fourth-order valence-corrected chi connectivity index (χ4v) is 2.09. The summed E-state index contributed by atoms with van der Waals surface area (Å²) < 4.78 is 5.20. The van der Waals surface area contributed by atoms with E-state index in [1.807, 2.05) is 19.1 Å². The first-order chi connectivity index (χ1) is 8.11. The number of aliphatic hydroxyl groups excluding tert-OH is 1. The molecule has 1 N–H and O–H groups in total. The van der Waals surface area contributed by atoms with Gasteiger partial charge in [-0.05, 0) is 25.5 Å². The Kier molecular flexibility index (Phi) is 3.33. The molecule has 2 rings (SSSR count). The lowest BCUT2D eigenvalue weighted by atomic mass is 10.1. The number of hydrogen-bond acceptors (Lipinski definition) is 3. The summed E-state index contributed by atoms with van der Waals surface area (Å²) in [7, 11) is 1.56. The molecule has 1 aromatic rings. The number of aliphatic hydroxyl groups is 1. The highest BCUT2D eigenvalue weighted by molar-refractivity contribution is 5.97. The molecule has 1 amide bonds. The normalized spacial score (nSPS) is 19.5. The van der Waals surface area contributed by atoms with Gasteiger partial charge in [-0.25, -0.2) is 0 Å². The quantitative estimate of drug-likeness (QED) is 0.838. The van der Waals surface area contributed by atoms with Gasteiger partial charge in [0.15, 0.2) is 0 Å². The molecule has 1 fully saturated rings. The average molecular weight is 235 g/mol. The maximum atomic E-state index is 12.3. The number of β-amino-alcohol motifs (C(OH)–C–C–N with tert-alkyl or cyclic N) is 1. The third kappa shape index (κ3) is 2.42. The van der Waals surface area contributed by atoms with Crippen LogP contribution in [0.4, 0.5) is 0 Å². The molecule has 1 saturated heterocycles. The van der Waals surface area contributed by atoms with Crippen LogP contribution in [0.15, 0.2) is 18.2 Å². The van der Waals surface area contributed by atoms with Crippen molar-refractivity contribution in [1.29, 1.82) is 0 Å². The van der Waals surface area contributed by atoms with Gasteiger partial charge in [-0.1, -0.05) is 11.6 Å². The third-order valence-electron chi connectivity index (χ3n) is 3.04. The van der Waals surface area contributed by atoms with Crippen LogP contribution in [0.1, 0.15) is 22.3 Å². The third-order valence-corrected chi connectivity index (χ3v) is 3.04. The van der Waals surface area contributed by atoms with E-state index >= 15 is 0 Å². The van der Waals surface area contributed by atoms with Crippen molar-refractivity contribution in [1.82, 2.24) is 4.90 Å². The smallest absolute Gasteiger partial charge is 0.257 e. The van der Waals surface area contributed by atoms with Crippen molar-refractivity contribution < 1.29 is 14.6 Å². The maximum Gasteiger partial charge on any atom is 0.257 e. The van der Waals surface area contributed by atoms with Crippen LogP contribution >= 0.6 is 0 Å². The Balaban J connectivity index is 2.26. The van der Waals surface area contributed by atoms with Gasteiger partial charge in [0.2, 0.25) is 0 Å². The molecule has 0 saturated carbocycles. The van der Waals surface area contributed by atoms with Crippen molar-refractivity contribution in [2.75, 3.05) is 20.2 Å². The molecular weight excluding hydrogens is 218 g/mol. The molecule has 0 bridgehead atoms. The van der Waals surface area contributed by atoms with Gasteiger partial charge in [0.05, 0.1) is 18.8 Å². The molecule has 1 aliphatic rings. The van der Waals surface area contributed by atoms with Crippen molar-refractivity contribution in [3.05, 3.63) is 29.3 Å². The lowest BCUT2D eigenvalue weighted by Gasteiger charge is -2.17. The molecule has 4 nitrogen and oxygen atoms in total. The minimum Gasteiger partial charge on any atom is -0.496 e. The van der Waals surface area contributed by atoms with Crippen molar-refractivity contribution in [2.24, 2.45) is 0 Å². The SMILES string of the molecule is COc1ccc(C)cc1C(=O)N1CCC(O)C1. The van der Waals surface area contributed by atoms with Gasteiger partial charge in [0, 0.05) is 13.1 Å². The van der Waals surface area contributed by atoms with Gasteiger partial charge in [-0.3, -0.25) is 4.79 Å². The fraction of sp³-hybridized carbons (Fsp3) is 0.462. The number of amides is 1. The molecule has 92 valence electrons. The molecule has 0 spiro atoms. The van der Waals surface area contributed by atoms with Gasteiger partial charge in [0.1, 0.15) is 5.75 Å². The van der Waals surface area contributed by atoms with E-state index in [-0.39, 0.29) is 5.91 Å². The van der Waals surface area contributed by atoms with Crippen molar-refractivity contribution in [3.63, 3.8) is 0 Å². The number of methoxy groups -OCH3 is 1. The number of carbonyl (C=O) groups excluding carboxylic acids is 1. The zero-order valence-electron chi connectivity index (χ0n) is 10.1. The van der Waals surface area contributed by atoms with Crippen molar-refractivity contribution in [3.8, 4) is 5.75 Å². The van der Waals surface area contributed by atoms with E-state index in [1.54, 1.807) is 18.1 Å².